The molecule has 0 fully saturated rings. The molecule has 0 saturated heterocycles. The molecule has 120 valence electrons. The van der Waals surface area contributed by atoms with Crippen molar-refractivity contribution in [2.45, 2.75) is 31.3 Å². The number of ether oxygens (including phenoxy) is 2. The summed E-state index contributed by atoms with van der Waals surface area (Å²) in [7, 11) is -2.02. The van der Waals surface area contributed by atoms with E-state index in [1.807, 2.05) is 6.92 Å². The average molecular weight is 317 g/mol. The van der Waals surface area contributed by atoms with Gasteiger partial charge in [0.15, 0.2) is 0 Å². The smallest absolute Gasteiger partial charge is 0.240 e. The zero-order chi connectivity index (χ0) is 15.7. The number of aliphatic hydroxyl groups is 1. The summed E-state index contributed by atoms with van der Waals surface area (Å²) in [6, 6.07) is 4.48. The van der Waals surface area contributed by atoms with Gasteiger partial charge in [-0.05, 0) is 31.0 Å². The van der Waals surface area contributed by atoms with Crippen molar-refractivity contribution in [1.82, 2.24) is 4.72 Å². The lowest BCUT2D eigenvalue weighted by Crippen LogP contribution is -2.25. The van der Waals surface area contributed by atoms with E-state index in [1.165, 1.54) is 12.1 Å². The molecule has 7 heteroatoms. The van der Waals surface area contributed by atoms with E-state index in [-0.39, 0.29) is 11.5 Å². The summed E-state index contributed by atoms with van der Waals surface area (Å²) in [5.41, 5.74) is 0.461. The lowest BCUT2D eigenvalue weighted by Gasteiger charge is -2.12. The van der Waals surface area contributed by atoms with Gasteiger partial charge < -0.3 is 14.6 Å². The molecule has 0 unspecified atom stereocenters. The number of benzene rings is 1. The molecule has 2 N–H and O–H groups in total. The maximum atomic E-state index is 12.1. The van der Waals surface area contributed by atoms with Crippen LogP contribution in [-0.2, 0) is 21.4 Å². The number of aliphatic hydroxyl groups excluding tert-OH is 1. The first-order chi connectivity index (χ1) is 10.0. The zero-order valence-electron chi connectivity index (χ0n) is 12.5. The van der Waals surface area contributed by atoms with Crippen molar-refractivity contribution in [1.29, 1.82) is 0 Å². The summed E-state index contributed by atoms with van der Waals surface area (Å²) in [6.45, 7) is 3.02. The van der Waals surface area contributed by atoms with E-state index in [9.17, 15) is 13.5 Å². The minimum atomic E-state index is -3.58. The minimum absolute atomic E-state index is 0.118. The molecule has 21 heavy (non-hydrogen) atoms. The van der Waals surface area contributed by atoms with Crippen molar-refractivity contribution in [2.24, 2.45) is 0 Å². The fourth-order valence-corrected chi connectivity index (χ4v) is 2.83. The highest BCUT2D eigenvalue weighted by molar-refractivity contribution is 7.89. The second-order valence-corrected chi connectivity index (χ2v) is 6.29. The summed E-state index contributed by atoms with van der Waals surface area (Å²) in [4.78, 5) is 0.118. The summed E-state index contributed by atoms with van der Waals surface area (Å²) in [5, 5.41) is 9.34. The summed E-state index contributed by atoms with van der Waals surface area (Å²) in [5.74, 6) is 0.512. The van der Waals surface area contributed by atoms with Crippen molar-refractivity contribution in [3.63, 3.8) is 0 Å². The molecule has 1 aromatic rings. The first-order valence-corrected chi connectivity index (χ1v) is 8.38. The number of methoxy groups -OCH3 is 1. The Hall–Kier alpha value is -1.15. The van der Waals surface area contributed by atoms with Gasteiger partial charge in [0, 0.05) is 25.8 Å². The largest absolute Gasteiger partial charge is 0.493 e. The molecule has 0 saturated carbocycles. The van der Waals surface area contributed by atoms with Gasteiger partial charge in [-0.15, -0.1) is 0 Å². The Morgan fingerprint density at radius 1 is 1.29 bits per heavy atom. The Bertz CT molecular complexity index is 530. The van der Waals surface area contributed by atoms with Crippen LogP contribution in [0.5, 0.6) is 5.75 Å². The van der Waals surface area contributed by atoms with Crippen LogP contribution >= 0.6 is 0 Å². The Kier molecular flexibility index (Phi) is 7.66. The van der Waals surface area contributed by atoms with Crippen molar-refractivity contribution in [3.8, 4) is 5.75 Å². The normalized spacial score (nSPS) is 11.6. The summed E-state index contributed by atoms with van der Waals surface area (Å²) in [6.07, 6.45) is 1.44. The predicted octanol–water partition coefficient (Wildman–Crippen LogP) is 1.28. The van der Waals surface area contributed by atoms with Gasteiger partial charge in [0.25, 0.3) is 0 Å². The van der Waals surface area contributed by atoms with Gasteiger partial charge in [-0.1, -0.05) is 6.92 Å². The van der Waals surface area contributed by atoms with Crippen LogP contribution in [-0.4, -0.2) is 40.4 Å². The van der Waals surface area contributed by atoms with Crippen LogP contribution in [0.1, 0.15) is 25.3 Å². The minimum Gasteiger partial charge on any atom is -0.493 e. The molecular weight excluding hydrogens is 294 g/mol. The predicted molar refractivity (Wildman–Crippen MR) is 79.8 cm³/mol. The maximum Gasteiger partial charge on any atom is 0.240 e. The number of sulfonamides is 1. The summed E-state index contributed by atoms with van der Waals surface area (Å²) >= 11 is 0. The first-order valence-electron chi connectivity index (χ1n) is 6.90. The van der Waals surface area contributed by atoms with Crippen molar-refractivity contribution in [3.05, 3.63) is 23.8 Å². The van der Waals surface area contributed by atoms with Gasteiger partial charge in [0.1, 0.15) is 5.75 Å². The van der Waals surface area contributed by atoms with Crippen LogP contribution < -0.4 is 9.46 Å². The second kappa shape index (κ2) is 8.99. The highest BCUT2D eigenvalue weighted by Gasteiger charge is 2.15. The topological polar surface area (TPSA) is 84.9 Å². The molecule has 0 amide bonds. The molecule has 0 radical (unpaired) electrons. The Morgan fingerprint density at radius 3 is 2.67 bits per heavy atom. The molecular formula is C14H23NO5S. The van der Waals surface area contributed by atoms with E-state index in [4.69, 9.17) is 9.47 Å². The van der Waals surface area contributed by atoms with Crippen molar-refractivity contribution in [2.75, 3.05) is 26.9 Å². The number of rotatable bonds is 10. The highest BCUT2D eigenvalue weighted by atomic mass is 32.2. The van der Waals surface area contributed by atoms with E-state index in [0.29, 0.717) is 37.5 Å². The molecule has 6 nitrogen and oxygen atoms in total. The lowest BCUT2D eigenvalue weighted by molar-refractivity contribution is 0.196. The van der Waals surface area contributed by atoms with Crippen LogP contribution in [0.15, 0.2) is 23.1 Å². The molecule has 1 aromatic carbocycles. The molecule has 0 atom stereocenters. The standard InChI is InChI=1S/C14H23NO5S/c1-3-8-20-14-6-5-13(10-12(14)11-16)21(17,18)15-7-4-9-19-2/h5-6,10,15-16H,3-4,7-9,11H2,1-2H3. The van der Waals surface area contributed by atoms with Gasteiger partial charge in [-0.2, -0.15) is 0 Å². The maximum absolute atomic E-state index is 12.1. The molecule has 0 aliphatic heterocycles. The van der Waals surface area contributed by atoms with E-state index in [2.05, 4.69) is 4.72 Å². The Labute approximate surface area is 126 Å². The Morgan fingerprint density at radius 2 is 2.05 bits per heavy atom. The third-order valence-electron chi connectivity index (χ3n) is 2.79. The monoisotopic (exact) mass is 317 g/mol. The van der Waals surface area contributed by atoms with E-state index in [0.717, 1.165) is 6.42 Å². The van der Waals surface area contributed by atoms with Gasteiger partial charge in [0.2, 0.25) is 10.0 Å². The highest BCUT2D eigenvalue weighted by Crippen LogP contribution is 2.23. The van der Waals surface area contributed by atoms with E-state index >= 15 is 0 Å². The van der Waals surface area contributed by atoms with E-state index in [1.54, 1.807) is 13.2 Å². The third-order valence-corrected chi connectivity index (χ3v) is 4.25. The van der Waals surface area contributed by atoms with Gasteiger partial charge in [0.05, 0.1) is 18.1 Å². The molecule has 0 heterocycles. The fourth-order valence-electron chi connectivity index (χ4n) is 1.71. The van der Waals surface area contributed by atoms with Gasteiger partial charge in [-0.3, -0.25) is 0 Å². The first kappa shape index (κ1) is 17.9. The lowest BCUT2D eigenvalue weighted by atomic mass is 10.2. The molecule has 0 aromatic heterocycles. The number of hydrogen-bond donors (Lipinski definition) is 2. The zero-order valence-corrected chi connectivity index (χ0v) is 13.3. The summed E-state index contributed by atoms with van der Waals surface area (Å²) < 4.78 is 37.1. The van der Waals surface area contributed by atoms with Gasteiger partial charge in [-0.25, -0.2) is 13.1 Å². The van der Waals surface area contributed by atoms with Gasteiger partial charge >= 0.3 is 0 Å². The van der Waals surface area contributed by atoms with Crippen molar-refractivity contribution >= 4 is 10.0 Å². The quantitative estimate of drug-likeness (QED) is 0.635. The number of nitrogens with one attached hydrogen (secondary N) is 1. The van der Waals surface area contributed by atoms with Crippen LogP contribution in [0.4, 0.5) is 0 Å². The average Bonchev–Trinajstić information content (AvgIpc) is 2.49. The number of hydrogen-bond acceptors (Lipinski definition) is 5. The van der Waals surface area contributed by atoms with Crippen LogP contribution in [0, 0.1) is 0 Å². The molecule has 1 rings (SSSR count). The molecule has 0 aliphatic rings. The van der Waals surface area contributed by atoms with Crippen LogP contribution in [0.2, 0.25) is 0 Å². The van der Waals surface area contributed by atoms with E-state index < -0.39 is 10.0 Å². The third kappa shape index (κ3) is 5.62. The fraction of sp³-hybridized carbons (Fsp3) is 0.571. The van der Waals surface area contributed by atoms with Crippen LogP contribution in [0.3, 0.4) is 0 Å². The molecule has 0 bridgehead atoms. The Balaban J connectivity index is 2.82. The second-order valence-electron chi connectivity index (χ2n) is 4.52. The van der Waals surface area contributed by atoms with Crippen molar-refractivity contribution < 1.29 is 23.0 Å². The molecule has 0 spiro atoms. The SMILES string of the molecule is CCCOc1ccc(S(=O)(=O)NCCCOC)cc1CO. The molecule has 0 aliphatic carbocycles. The van der Waals surface area contributed by atoms with Crippen LogP contribution in [0.25, 0.3) is 0 Å².